The monoisotopic (exact) mass is 405 g/mol. The minimum atomic E-state index is 0.181. The Kier molecular flexibility index (Phi) is 5.68. The Bertz CT molecular complexity index is 918. The van der Waals surface area contributed by atoms with Gasteiger partial charge in [0.1, 0.15) is 0 Å². The fourth-order valence-corrected chi connectivity index (χ4v) is 5.83. The van der Waals surface area contributed by atoms with Crippen molar-refractivity contribution >= 4 is 28.1 Å². The van der Waals surface area contributed by atoms with Gasteiger partial charge in [0.2, 0.25) is 0 Å². The van der Waals surface area contributed by atoms with Gasteiger partial charge in [0.05, 0.1) is 5.69 Å². The van der Waals surface area contributed by atoms with Crippen LogP contribution in [-0.4, -0.2) is 49.6 Å². The predicted molar refractivity (Wildman–Crippen MR) is 126 cm³/mol. The van der Waals surface area contributed by atoms with Gasteiger partial charge in [-0.15, -0.1) is 0 Å². The second-order valence-corrected chi connectivity index (χ2v) is 9.31. The molecule has 4 heteroatoms. The van der Waals surface area contributed by atoms with Crippen molar-refractivity contribution in [3.63, 3.8) is 0 Å². The highest BCUT2D eigenvalue weighted by molar-refractivity contribution is 6.26. The summed E-state index contributed by atoms with van der Waals surface area (Å²) in [5, 5.41) is 2.42. The molecular formula is C26H35N3O. The van der Waals surface area contributed by atoms with E-state index in [9.17, 15) is 4.79 Å². The number of carbonyl (C=O) groups excluding carboxylic acids is 1. The standard InChI is InChI=1S/C26H35N3O/c1-2-3-17-29-24-14-13-23(21-11-7-12-22(25(21)24)26(29)30)28-16-8-15-27(18-19-28)20-9-5-4-6-10-20/h7,11-14,20H,2-6,8-10,15-19H2,1H3. The zero-order valence-electron chi connectivity index (χ0n) is 18.4. The summed E-state index contributed by atoms with van der Waals surface area (Å²) in [6, 6.07) is 11.6. The summed E-state index contributed by atoms with van der Waals surface area (Å²) in [5.41, 5.74) is 3.31. The minimum absolute atomic E-state index is 0.181. The summed E-state index contributed by atoms with van der Waals surface area (Å²) in [7, 11) is 0. The predicted octanol–water partition coefficient (Wildman–Crippen LogP) is 5.44. The molecule has 2 aliphatic heterocycles. The van der Waals surface area contributed by atoms with Crippen LogP contribution in [0.3, 0.4) is 0 Å². The van der Waals surface area contributed by atoms with Crippen LogP contribution in [0.4, 0.5) is 11.4 Å². The first-order valence-electron chi connectivity index (χ1n) is 12.1. The van der Waals surface area contributed by atoms with E-state index < -0.39 is 0 Å². The van der Waals surface area contributed by atoms with Crippen molar-refractivity contribution in [3.05, 3.63) is 35.9 Å². The topological polar surface area (TPSA) is 26.8 Å². The van der Waals surface area contributed by atoms with E-state index in [0.717, 1.165) is 56.3 Å². The summed E-state index contributed by atoms with van der Waals surface area (Å²) >= 11 is 0. The molecule has 2 fully saturated rings. The molecule has 1 saturated carbocycles. The normalized spacial score (nSPS) is 20.9. The molecular weight excluding hydrogens is 370 g/mol. The second-order valence-electron chi connectivity index (χ2n) is 9.31. The molecule has 5 rings (SSSR count). The van der Waals surface area contributed by atoms with Crippen molar-refractivity contribution < 1.29 is 4.79 Å². The van der Waals surface area contributed by atoms with Gasteiger partial charge in [-0.1, -0.05) is 44.7 Å². The summed E-state index contributed by atoms with van der Waals surface area (Å²) in [6.07, 6.45) is 10.4. The van der Waals surface area contributed by atoms with Gasteiger partial charge in [-0.25, -0.2) is 0 Å². The molecule has 2 heterocycles. The van der Waals surface area contributed by atoms with E-state index in [1.165, 1.54) is 61.5 Å². The summed E-state index contributed by atoms with van der Waals surface area (Å²) in [4.78, 5) is 20.4. The average Bonchev–Trinajstić information content (AvgIpc) is 2.94. The highest BCUT2D eigenvalue weighted by atomic mass is 16.2. The Balaban J connectivity index is 1.42. The van der Waals surface area contributed by atoms with Gasteiger partial charge in [0.25, 0.3) is 5.91 Å². The molecule has 1 aliphatic carbocycles. The lowest BCUT2D eigenvalue weighted by Crippen LogP contribution is -2.39. The molecule has 0 aromatic heterocycles. The van der Waals surface area contributed by atoms with Crippen molar-refractivity contribution in [1.29, 1.82) is 0 Å². The molecule has 160 valence electrons. The third-order valence-corrected chi connectivity index (χ3v) is 7.46. The van der Waals surface area contributed by atoms with Crippen LogP contribution in [0.5, 0.6) is 0 Å². The van der Waals surface area contributed by atoms with Gasteiger partial charge in [-0.3, -0.25) is 9.69 Å². The largest absolute Gasteiger partial charge is 0.370 e. The van der Waals surface area contributed by atoms with Crippen LogP contribution in [0.25, 0.3) is 10.8 Å². The van der Waals surface area contributed by atoms with Crippen LogP contribution in [-0.2, 0) is 0 Å². The smallest absolute Gasteiger partial charge is 0.258 e. The summed E-state index contributed by atoms with van der Waals surface area (Å²) < 4.78 is 0. The molecule has 0 atom stereocenters. The first kappa shape index (κ1) is 19.9. The van der Waals surface area contributed by atoms with Gasteiger partial charge in [-0.2, -0.15) is 0 Å². The van der Waals surface area contributed by atoms with E-state index >= 15 is 0 Å². The van der Waals surface area contributed by atoms with Crippen molar-refractivity contribution in [2.45, 2.75) is 64.3 Å². The number of anilines is 2. The average molecular weight is 406 g/mol. The number of unbranched alkanes of at least 4 members (excludes halogenated alkanes) is 1. The first-order chi connectivity index (χ1) is 14.8. The Morgan fingerprint density at radius 2 is 1.73 bits per heavy atom. The van der Waals surface area contributed by atoms with Crippen LogP contribution in [0.2, 0.25) is 0 Å². The highest BCUT2D eigenvalue weighted by Gasteiger charge is 2.31. The third-order valence-electron chi connectivity index (χ3n) is 7.46. The lowest BCUT2D eigenvalue weighted by molar-refractivity contribution is 0.0993. The Labute approximate surface area is 180 Å². The number of hydrogen-bond acceptors (Lipinski definition) is 3. The van der Waals surface area contributed by atoms with Crippen molar-refractivity contribution in [2.24, 2.45) is 0 Å². The van der Waals surface area contributed by atoms with E-state index in [0.29, 0.717) is 0 Å². The molecule has 0 bridgehead atoms. The Hall–Kier alpha value is -2.07. The second kappa shape index (κ2) is 8.58. The van der Waals surface area contributed by atoms with E-state index in [1.807, 2.05) is 11.0 Å². The van der Waals surface area contributed by atoms with E-state index in [2.05, 4.69) is 41.0 Å². The van der Waals surface area contributed by atoms with E-state index in [4.69, 9.17) is 0 Å². The Morgan fingerprint density at radius 3 is 2.57 bits per heavy atom. The number of hydrogen-bond donors (Lipinski definition) is 0. The van der Waals surface area contributed by atoms with Gasteiger partial charge >= 0.3 is 0 Å². The van der Waals surface area contributed by atoms with Crippen molar-refractivity contribution in [3.8, 4) is 0 Å². The zero-order valence-corrected chi connectivity index (χ0v) is 18.4. The molecule has 1 amide bonds. The van der Waals surface area contributed by atoms with Crippen LogP contribution < -0.4 is 9.80 Å². The molecule has 0 N–H and O–H groups in total. The van der Waals surface area contributed by atoms with Gasteiger partial charge in [-0.05, 0) is 43.9 Å². The maximum atomic E-state index is 13.0. The van der Waals surface area contributed by atoms with Gasteiger partial charge in [0.15, 0.2) is 0 Å². The SMILES string of the molecule is CCCCN1C(=O)c2cccc3c(N4CCCN(C5CCCCC5)CC4)ccc1c23. The minimum Gasteiger partial charge on any atom is -0.370 e. The molecule has 30 heavy (non-hydrogen) atoms. The molecule has 0 unspecified atom stereocenters. The van der Waals surface area contributed by atoms with Crippen molar-refractivity contribution in [1.82, 2.24) is 4.90 Å². The maximum absolute atomic E-state index is 13.0. The number of benzene rings is 2. The van der Waals surface area contributed by atoms with Crippen LogP contribution in [0.15, 0.2) is 30.3 Å². The summed E-state index contributed by atoms with van der Waals surface area (Å²) in [6.45, 7) is 7.58. The number of rotatable bonds is 5. The zero-order chi connectivity index (χ0) is 20.5. The van der Waals surface area contributed by atoms with Crippen LogP contribution in [0.1, 0.15) is 68.6 Å². The van der Waals surface area contributed by atoms with Crippen LogP contribution in [0, 0.1) is 0 Å². The van der Waals surface area contributed by atoms with E-state index in [1.54, 1.807) is 0 Å². The Morgan fingerprint density at radius 1 is 0.900 bits per heavy atom. The third kappa shape index (κ3) is 3.49. The fraction of sp³-hybridized carbons (Fsp3) is 0.577. The first-order valence-corrected chi connectivity index (χ1v) is 12.1. The quantitative estimate of drug-likeness (QED) is 0.662. The molecule has 2 aromatic carbocycles. The summed E-state index contributed by atoms with van der Waals surface area (Å²) in [5.74, 6) is 0.181. The van der Waals surface area contributed by atoms with Crippen molar-refractivity contribution in [2.75, 3.05) is 42.5 Å². The number of amides is 1. The molecule has 0 spiro atoms. The maximum Gasteiger partial charge on any atom is 0.258 e. The van der Waals surface area contributed by atoms with E-state index in [-0.39, 0.29) is 5.91 Å². The number of carbonyl (C=O) groups is 1. The van der Waals surface area contributed by atoms with Crippen LogP contribution >= 0.6 is 0 Å². The lowest BCUT2D eigenvalue weighted by Gasteiger charge is -2.33. The molecule has 4 nitrogen and oxygen atoms in total. The highest BCUT2D eigenvalue weighted by Crippen LogP contribution is 2.42. The molecule has 0 radical (unpaired) electrons. The van der Waals surface area contributed by atoms with Gasteiger partial charge in [0, 0.05) is 60.8 Å². The molecule has 3 aliphatic rings. The molecule has 1 saturated heterocycles. The number of nitrogens with zero attached hydrogens (tertiary/aromatic N) is 3. The fourth-order valence-electron chi connectivity index (χ4n) is 5.83. The van der Waals surface area contributed by atoms with Gasteiger partial charge < -0.3 is 9.80 Å². The molecule has 2 aromatic rings. The lowest BCUT2D eigenvalue weighted by atomic mass is 9.94.